The van der Waals surface area contributed by atoms with Gasteiger partial charge in [0.05, 0.1) is 16.6 Å². The Morgan fingerprint density at radius 1 is 1.04 bits per heavy atom. The number of fused-ring (bicyclic) bond motifs is 1. The van der Waals surface area contributed by atoms with Crippen molar-refractivity contribution < 1.29 is 22.4 Å². The van der Waals surface area contributed by atoms with Gasteiger partial charge in [-0.05, 0) is 49.7 Å². The van der Waals surface area contributed by atoms with Crippen molar-refractivity contribution in [2.45, 2.75) is 30.3 Å². The first-order chi connectivity index (χ1) is 13.3. The van der Waals surface area contributed by atoms with E-state index in [1.807, 2.05) is 6.92 Å². The topological polar surface area (TPSA) is 86.8 Å². The zero-order chi connectivity index (χ0) is 20.1. The van der Waals surface area contributed by atoms with Crippen molar-refractivity contribution in [2.24, 2.45) is 0 Å². The van der Waals surface area contributed by atoms with Gasteiger partial charge < -0.3 is 5.32 Å². The van der Waals surface area contributed by atoms with Crippen molar-refractivity contribution in [1.82, 2.24) is 9.62 Å². The number of benzene rings is 2. The van der Waals surface area contributed by atoms with Gasteiger partial charge >= 0.3 is 6.03 Å². The second-order valence-corrected chi connectivity index (χ2v) is 8.76. The Labute approximate surface area is 161 Å². The zero-order valence-corrected chi connectivity index (χ0v) is 15.8. The molecule has 2 fully saturated rings. The molecule has 2 aliphatic heterocycles. The van der Waals surface area contributed by atoms with Crippen LogP contribution in [0, 0.1) is 12.7 Å². The first-order valence-electron chi connectivity index (χ1n) is 8.77. The number of carbonyl (C=O) groups excluding carboxylic acids is 2. The minimum Gasteiger partial charge on any atom is -0.332 e. The van der Waals surface area contributed by atoms with Gasteiger partial charge in [0.15, 0.2) is 0 Å². The van der Waals surface area contributed by atoms with Gasteiger partial charge in [0, 0.05) is 6.54 Å². The molecule has 0 unspecified atom stereocenters. The van der Waals surface area contributed by atoms with Crippen molar-refractivity contribution in [2.75, 3.05) is 11.4 Å². The average molecular weight is 403 g/mol. The molecule has 1 N–H and O–H groups in total. The van der Waals surface area contributed by atoms with Crippen LogP contribution >= 0.6 is 0 Å². The van der Waals surface area contributed by atoms with Crippen molar-refractivity contribution >= 4 is 27.6 Å². The summed E-state index contributed by atoms with van der Waals surface area (Å²) in [6, 6.07) is 8.98. The molecule has 3 amide bonds. The number of hydrogen-bond donors (Lipinski definition) is 1. The summed E-state index contributed by atoms with van der Waals surface area (Å²) in [4.78, 5) is 26.5. The van der Waals surface area contributed by atoms with E-state index < -0.39 is 39.9 Å². The number of anilines is 1. The van der Waals surface area contributed by atoms with Crippen molar-refractivity contribution in [3.8, 4) is 0 Å². The monoisotopic (exact) mass is 403 g/mol. The van der Waals surface area contributed by atoms with Gasteiger partial charge in [-0.3, -0.25) is 4.79 Å². The first-order valence-corrected chi connectivity index (χ1v) is 10.2. The molecule has 2 atom stereocenters. The summed E-state index contributed by atoms with van der Waals surface area (Å²) in [5.74, 6) is -1.15. The van der Waals surface area contributed by atoms with Crippen LogP contribution in [0.4, 0.5) is 14.9 Å². The SMILES string of the molecule is Cc1ccc(S(=O)(=O)N2CC[C@@H]3NC(=O)N(c4ccc(F)cc4)C(=O)[C@H]32)cc1. The van der Waals surface area contributed by atoms with Gasteiger partial charge in [0.1, 0.15) is 11.9 Å². The van der Waals surface area contributed by atoms with Crippen molar-refractivity contribution in [3.05, 3.63) is 59.9 Å². The lowest BCUT2D eigenvalue weighted by Crippen LogP contribution is -2.64. The van der Waals surface area contributed by atoms with E-state index in [2.05, 4.69) is 5.32 Å². The maximum absolute atomic E-state index is 13.2. The lowest BCUT2D eigenvalue weighted by molar-refractivity contribution is -0.122. The summed E-state index contributed by atoms with van der Waals surface area (Å²) < 4.78 is 40.6. The number of nitrogens with zero attached hydrogens (tertiary/aromatic N) is 2. The fourth-order valence-electron chi connectivity index (χ4n) is 3.62. The molecule has 28 heavy (non-hydrogen) atoms. The summed E-state index contributed by atoms with van der Waals surface area (Å²) in [5.41, 5.74) is 1.10. The normalized spacial score (nSPS) is 22.9. The number of rotatable bonds is 3. The summed E-state index contributed by atoms with van der Waals surface area (Å²) in [7, 11) is -3.91. The largest absolute Gasteiger partial charge is 0.332 e. The highest BCUT2D eigenvalue weighted by atomic mass is 32.2. The lowest BCUT2D eigenvalue weighted by Gasteiger charge is -2.36. The van der Waals surface area contributed by atoms with Crippen LogP contribution in [-0.4, -0.2) is 43.3 Å². The fourth-order valence-corrected chi connectivity index (χ4v) is 5.25. The predicted octanol–water partition coefficient (Wildman–Crippen LogP) is 2.02. The smallest absolute Gasteiger partial charge is 0.329 e. The molecule has 0 aromatic heterocycles. The van der Waals surface area contributed by atoms with Crippen molar-refractivity contribution in [1.29, 1.82) is 0 Å². The van der Waals surface area contributed by atoms with E-state index in [0.717, 1.165) is 26.9 Å². The summed E-state index contributed by atoms with van der Waals surface area (Å²) in [6.07, 6.45) is 0.338. The second kappa shape index (κ2) is 6.68. The van der Waals surface area contributed by atoms with Gasteiger partial charge in [0.2, 0.25) is 10.0 Å². The number of nitrogens with one attached hydrogen (secondary N) is 1. The standard InChI is InChI=1S/C19H18FN3O4S/c1-12-2-8-15(9-3-12)28(26,27)22-11-10-16-17(22)18(24)23(19(25)21-16)14-6-4-13(20)5-7-14/h2-9,16-17H,10-11H2,1H3,(H,21,25)/t16-,17-/m0/s1. The van der Waals surface area contributed by atoms with E-state index in [0.29, 0.717) is 6.42 Å². The zero-order valence-electron chi connectivity index (χ0n) is 15.0. The lowest BCUT2D eigenvalue weighted by atomic mass is 10.1. The van der Waals surface area contributed by atoms with Crippen LogP contribution in [0.5, 0.6) is 0 Å². The Morgan fingerprint density at radius 3 is 2.32 bits per heavy atom. The van der Waals surface area contributed by atoms with Crippen LogP contribution in [-0.2, 0) is 14.8 Å². The number of sulfonamides is 1. The number of hydrogen-bond acceptors (Lipinski definition) is 4. The highest BCUT2D eigenvalue weighted by Crippen LogP contribution is 2.32. The molecular formula is C19H18FN3O4S. The molecule has 0 radical (unpaired) electrons. The maximum Gasteiger partial charge on any atom is 0.329 e. The highest BCUT2D eigenvalue weighted by Gasteiger charge is 2.52. The van der Waals surface area contributed by atoms with Gasteiger partial charge in [-0.2, -0.15) is 4.31 Å². The number of halogens is 1. The number of urea groups is 1. The molecule has 2 aliphatic rings. The molecule has 146 valence electrons. The number of aryl methyl sites for hydroxylation is 1. The molecular weight excluding hydrogens is 385 g/mol. The molecule has 0 aliphatic carbocycles. The molecule has 2 saturated heterocycles. The minimum absolute atomic E-state index is 0.0942. The number of carbonyl (C=O) groups is 2. The molecule has 0 spiro atoms. The average Bonchev–Trinajstić information content (AvgIpc) is 3.08. The first kappa shape index (κ1) is 18.6. The van der Waals surface area contributed by atoms with Gasteiger partial charge in [0.25, 0.3) is 5.91 Å². The van der Waals surface area contributed by atoms with Crippen LogP contribution < -0.4 is 10.2 Å². The van der Waals surface area contributed by atoms with Crippen LogP contribution in [0.25, 0.3) is 0 Å². The Kier molecular flexibility index (Phi) is 4.43. The van der Waals surface area contributed by atoms with E-state index in [1.165, 1.54) is 24.3 Å². The Bertz CT molecular complexity index is 1040. The van der Waals surface area contributed by atoms with Gasteiger partial charge in [-0.1, -0.05) is 17.7 Å². The van der Waals surface area contributed by atoms with Crippen LogP contribution in [0.15, 0.2) is 53.4 Å². The number of amides is 3. The van der Waals surface area contributed by atoms with E-state index in [9.17, 15) is 22.4 Å². The van der Waals surface area contributed by atoms with E-state index >= 15 is 0 Å². The highest BCUT2D eigenvalue weighted by molar-refractivity contribution is 7.89. The molecule has 0 saturated carbocycles. The second-order valence-electron chi connectivity index (χ2n) is 6.87. The predicted molar refractivity (Wildman–Crippen MR) is 99.7 cm³/mol. The summed E-state index contributed by atoms with van der Waals surface area (Å²) in [5, 5.41) is 2.70. The summed E-state index contributed by atoms with van der Waals surface area (Å²) >= 11 is 0. The van der Waals surface area contributed by atoms with E-state index in [4.69, 9.17) is 0 Å². The van der Waals surface area contributed by atoms with Crippen LogP contribution in [0.2, 0.25) is 0 Å². The van der Waals surface area contributed by atoms with Crippen LogP contribution in [0.1, 0.15) is 12.0 Å². The van der Waals surface area contributed by atoms with E-state index in [-0.39, 0.29) is 17.1 Å². The molecule has 7 nitrogen and oxygen atoms in total. The van der Waals surface area contributed by atoms with Gasteiger partial charge in [-0.15, -0.1) is 0 Å². The molecule has 9 heteroatoms. The van der Waals surface area contributed by atoms with Crippen LogP contribution in [0.3, 0.4) is 0 Å². The minimum atomic E-state index is -3.91. The molecule has 2 aromatic rings. The Morgan fingerprint density at radius 2 is 1.68 bits per heavy atom. The third kappa shape index (κ3) is 2.96. The quantitative estimate of drug-likeness (QED) is 0.850. The molecule has 2 aromatic carbocycles. The van der Waals surface area contributed by atoms with Gasteiger partial charge in [-0.25, -0.2) is 22.5 Å². The van der Waals surface area contributed by atoms with Crippen molar-refractivity contribution in [3.63, 3.8) is 0 Å². The summed E-state index contributed by atoms with van der Waals surface area (Å²) in [6.45, 7) is 1.97. The molecule has 0 bridgehead atoms. The Balaban J connectivity index is 1.70. The number of imide groups is 1. The molecule has 4 rings (SSSR count). The third-order valence-corrected chi connectivity index (χ3v) is 6.94. The van der Waals surface area contributed by atoms with E-state index in [1.54, 1.807) is 12.1 Å². The fraction of sp³-hybridized carbons (Fsp3) is 0.263. The maximum atomic E-state index is 13.2. The Hall–Kier alpha value is -2.78. The third-order valence-electron chi connectivity index (χ3n) is 5.05. The molecule has 2 heterocycles.